The molecule has 78 valence electrons. The van der Waals surface area contributed by atoms with Crippen LogP contribution in [-0.2, 0) is 7.05 Å². The van der Waals surface area contributed by atoms with Gasteiger partial charge in [0, 0.05) is 7.05 Å². The lowest BCUT2D eigenvalue weighted by atomic mass is 10.1. The van der Waals surface area contributed by atoms with Gasteiger partial charge in [0.2, 0.25) is 4.77 Å². The minimum Gasteiger partial charge on any atom is -0.279 e. The Balaban J connectivity index is 2.59. The number of hydrogen-bond acceptors (Lipinski definition) is 2. The summed E-state index contributed by atoms with van der Waals surface area (Å²) in [7, 11) is 1.74. The molecule has 0 saturated heterocycles. The predicted octanol–water partition coefficient (Wildman–Crippen LogP) is 2.59. The molecule has 1 aromatic heterocycles. The van der Waals surface area contributed by atoms with Crippen LogP contribution < -0.4 is 0 Å². The monoisotopic (exact) mass is 223 g/mol. The highest BCUT2D eigenvalue weighted by molar-refractivity contribution is 7.71. The van der Waals surface area contributed by atoms with E-state index in [1.54, 1.807) is 17.8 Å². The summed E-state index contributed by atoms with van der Waals surface area (Å²) in [5, 5.41) is 2.88. The molecule has 0 bridgehead atoms. The van der Waals surface area contributed by atoms with Crippen molar-refractivity contribution in [2.24, 2.45) is 7.05 Å². The fourth-order valence-corrected chi connectivity index (χ4v) is 1.47. The molecule has 0 spiro atoms. The summed E-state index contributed by atoms with van der Waals surface area (Å²) in [6.07, 6.45) is 0. The van der Waals surface area contributed by atoms with E-state index in [9.17, 15) is 4.39 Å². The van der Waals surface area contributed by atoms with Crippen molar-refractivity contribution in [3.63, 3.8) is 0 Å². The van der Waals surface area contributed by atoms with E-state index in [0.717, 1.165) is 5.56 Å². The standard InChI is InChI=1S/C10H10FN3S/c1-6-3-4-7(8(11)5-6)9-12-10(15)14(2)13-9/h3-5H,1-2H3,(H,12,13,15). The zero-order valence-electron chi connectivity index (χ0n) is 8.41. The van der Waals surface area contributed by atoms with Crippen molar-refractivity contribution in [2.75, 3.05) is 0 Å². The predicted molar refractivity (Wildman–Crippen MR) is 58.5 cm³/mol. The van der Waals surface area contributed by atoms with Gasteiger partial charge in [0.05, 0.1) is 5.56 Å². The number of benzene rings is 1. The van der Waals surface area contributed by atoms with Gasteiger partial charge in [-0.2, -0.15) is 4.98 Å². The van der Waals surface area contributed by atoms with Crippen LogP contribution in [0.25, 0.3) is 11.4 Å². The van der Waals surface area contributed by atoms with Gasteiger partial charge in [-0.1, -0.05) is 6.07 Å². The second kappa shape index (κ2) is 3.58. The van der Waals surface area contributed by atoms with Crippen LogP contribution in [0.4, 0.5) is 4.39 Å². The molecule has 5 heteroatoms. The molecule has 0 fully saturated rings. The van der Waals surface area contributed by atoms with Crippen molar-refractivity contribution >= 4 is 12.2 Å². The first kappa shape index (κ1) is 10.0. The van der Waals surface area contributed by atoms with Crippen molar-refractivity contribution in [3.8, 4) is 11.4 Å². The molecule has 0 aliphatic heterocycles. The zero-order chi connectivity index (χ0) is 11.0. The number of rotatable bonds is 1. The number of halogens is 1. The molecule has 2 aromatic rings. The number of nitrogens with one attached hydrogen (secondary N) is 1. The van der Waals surface area contributed by atoms with Crippen LogP contribution in [0.3, 0.4) is 0 Å². The Morgan fingerprint density at radius 2 is 2.20 bits per heavy atom. The molecule has 0 saturated carbocycles. The number of H-pyrrole nitrogens is 1. The molecule has 0 radical (unpaired) electrons. The van der Waals surface area contributed by atoms with Crippen LogP contribution in [0.15, 0.2) is 18.2 Å². The minimum atomic E-state index is -0.292. The molecule has 0 aliphatic rings. The van der Waals surface area contributed by atoms with Gasteiger partial charge in [-0.05, 0) is 36.8 Å². The summed E-state index contributed by atoms with van der Waals surface area (Å²) in [4.78, 5) is 4.05. The van der Waals surface area contributed by atoms with Gasteiger partial charge >= 0.3 is 0 Å². The Hall–Kier alpha value is -1.49. The van der Waals surface area contributed by atoms with Crippen molar-refractivity contribution in [1.29, 1.82) is 0 Å². The lowest BCUT2D eigenvalue weighted by molar-refractivity contribution is 0.628. The van der Waals surface area contributed by atoms with Gasteiger partial charge < -0.3 is 0 Å². The third-order valence-electron chi connectivity index (χ3n) is 2.15. The third kappa shape index (κ3) is 1.83. The quantitative estimate of drug-likeness (QED) is 0.754. The summed E-state index contributed by atoms with van der Waals surface area (Å²) >= 11 is 4.94. The van der Waals surface area contributed by atoms with E-state index in [-0.39, 0.29) is 5.82 Å². The fraction of sp³-hybridized carbons (Fsp3) is 0.200. The van der Waals surface area contributed by atoms with E-state index >= 15 is 0 Å². The molecule has 0 unspecified atom stereocenters. The van der Waals surface area contributed by atoms with Crippen LogP contribution in [0.5, 0.6) is 0 Å². The van der Waals surface area contributed by atoms with Crippen molar-refractivity contribution < 1.29 is 4.39 Å². The minimum absolute atomic E-state index is 0.292. The first-order valence-corrected chi connectivity index (χ1v) is 4.88. The van der Waals surface area contributed by atoms with Gasteiger partial charge in [-0.3, -0.25) is 9.78 Å². The first-order chi connectivity index (χ1) is 7.08. The second-order valence-corrected chi connectivity index (χ2v) is 3.76. The molecule has 0 aliphatic carbocycles. The third-order valence-corrected chi connectivity index (χ3v) is 2.51. The zero-order valence-corrected chi connectivity index (χ0v) is 9.23. The molecular formula is C10H10FN3S. The topological polar surface area (TPSA) is 33.6 Å². The second-order valence-electron chi connectivity index (χ2n) is 3.40. The molecule has 15 heavy (non-hydrogen) atoms. The number of aromatic nitrogens is 3. The van der Waals surface area contributed by atoms with Crippen LogP contribution >= 0.6 is 12.2 Å². The molecule has 1 N–H and O–H groups in total. The summed E-state index contributed by atoms with van der Waals surface area (Å²) in [5.74, 6) is 0.166. The van der Waals surface area contributed by atoms with E-state index in [1.165, 1.54) is 6.07 Å². The molecule has 1 heterocycles. The Morgan fingerprint density at radius 1 is 1.47 bits per heavy atom. The number of aryl methyl sites for hydroxylation is 2. The van der Waals surface area contributed by atoms with E-state index in [0.29, 0.717) is 16.2 Å². The summed E-state index contributed by atoms with van der Waals surface area (Å²) in [6, 6.07) is 5.00. The molecule has 0 atom stereocenters. The summed E-state index contributed by atoms with van der Waals surface area (Å²) in [5.41, 5.74) is 1.32. The Morgan fingerprint density at radius 3 is 2.73 bits per heavy atom. The van der Waals surface area contributed by atoms with Gasteiger partial charge in [0.25, 0.3) is 0 Å². The highest BCUT2D eigenvalue weighted by atomic mass is 32.1. The van der Waals surface area contributed by atoms with Gasteiger partial charge in [-0.25, -0.2) is 4.39 Å². The largest absolute Gasteiger partial charge is 0.279 e. The van der Waals surface area contributed by atoms with Gasteiger partial charge in [-0.15, -0.1) is 0 Å². The van der Waals surface area contributed by atoms with Crippen molar-refractivity contribution in [1.82, 2.24) is 14.8 Å². The number of aromatic amines is 1. The maximum absolute atomic E-state index is 13.6. The average Bonchev–Trinajstić information content (AvgIpc) is 2.46. The molecule has 3 nitrogen and oxygen atoms in total. The Kier molecular flexibility index (Phi) is 2.40. The lowest BCUT2D eigenvalue weighted by Gasteiger charge is -1.99. The van der Waals surface area contributed by atoms with E-state index in [2.05, 4.69) is 10.1 Å². The van der Waals surface area contributed by atoms with Crippen molar-refractivity contribution in [2.45, 2.75) is 6.92 Å². The number of nitrogens with zero attached hydrogens (tertiary/aromatic N) is 2. The summed E-state index contributed by atoms with van der Waals surface area (Å²) in [6.45, 7) is 1.84. The van der Waals surface area contributed by atoms with Crippen molar-refractivity contribution in [3.05, 3.63) is 34.4 Å². The van der Waals surface area contributed by atoms with Crippen LogP contribution in [0.1, 0.15) is 5.56 Å². The Bertz CT molecular complexity index is 556. The van der Waals surface area contributed by atoms with Gasteiger partial charge in [0.15, 0.2) is 5.82 Å². The summed E-state index contributed by atoms with van der Waals surface area (Å²) < 4.78 is 15.6. The van der Waals surface area contributed by atoms with Gasteiger partial charge in [0.1, 0.15) is 5.82 Å². The fourth-order valence-electron chi connectivity index (χ4n) is 1.33. The normalized spacial score (nSPS) is 10.6. The average molecular weight is 223 g/mol. The Labute approximate surface area is 91.6 Å². The maximum Gasteiger partial charge on any atom is 0.216 e. The lowest BCUT2D eigenvalue weighted by Crippen LogP contribution is -1.91. The molecule has 1 aromatic carbocycles. The van der Waals surface area contributed by atoms with Crippen LogP contribution in [-0.4, -0.2) is 14.8 Å². The highest BCUT2D eigenvalue weighted by Crippen LogP contribution is 2.19. The smallest absolute Gasteiger partial charge is 0.216 e. The maximum atomic E-state index is 13.6. The van der Waals surface area contributed by atoms with E-state index in [4.69, 9.17) is 12.2 Å². The SMILES string of the molecule is Cc1ccc(-c2nc(=S)n(C)[nH]2)c(F)c1. The first-order valence-electron chi connectivity index (χ1n) is 4.47. The van der Waals surface area contributed by atoms with E-state index in [1.807, 2.05) is 13.0 Å². The van der Waals surface area contributed by atoms with E-state index < -0.39 is 0 Å². The number of hydrogen-bond donors (Lipinski definition) is 1. The molecule has 2 rings (SSSR count). The highest BCUT2D eigenvalue weighted by Gasteiger charge is 2.08. The van der Waals surface area contributed by atoms with Crippen LogP contribution in [0.2, 0.25) is 0 Å². The van der Waals surface area contributed by atoms with Crippen LogP contribution in [0, 0.1) is 17.5 Å². The molecular weight excluding hydrogens is 213 g/mol. The molecule has 0 amide bonds.